The van der Waals surface area contributed by atoms with Gasteiger partial charge in [0.05, 0.1) is 0 Å². The second kappa shape index (κ2) is 3.56. The lowest BCUT2D eigenvalue weighted by atomic mass is 10.1. The van der Waals surface area contributed by atoms with E-state index in [9.17, 15) is 9.59 Å². The number of nitrogens with zero attached hydrogens (tertiary/aromatic N) is 1. The molecule has 2 atom stereocenters. The molecule has 3 nitrogen and oxygen atoms in total. The summed E-state index contributed by atoms with van der Waals surface area (Å²) in [5, 5.41) is 0. The third-order valence-electron chi connectivity index (χ3n) is 3.30. The number of amides is 2. The molecule has 0 bridgehead atoms. The quantitative estimate of drug-likeness (QED) is 0.623. The third kappa shape index (κ3) is 1.47. The molecule has 1 aliphatic heterocycles. The van der Waals surface area contributed by atoms with Gasteiger partial charge in [0.2, 0.25) is 0 Å². The van der Waals surface area contributed by atoms with Gasteiger partial charge >= 0.3 is 0 Å². The van der Waals surface area contributed by atoms with Crippen LogP contribution in [-0.4, -0.2) is 22.8 Å². The van der Waals surface area contributed by atoms with Crippen molar-refractivity contribution < 1.29 is 9.59 Å². The van der Waals surface area contributed by atoms with E-state index in [0.717, 1.165) is 25.7 Å². The molecule has 0 spiro atoms. The summed E-state index contributed by atoms with van der Waals surface area (Å²) in [5.41, 5.74) is 0. The van der Waals surface area contributed by atoms with Gasteiger partial charge in [-0.3, -0.25) is 14.5 Å². The molecular weight excluding hydrogens is 178 g/mol. The van der Waals surface area contributed by atoms with Gasteiger partial charge in [0.1, 0.15) is 0 Å². The zero-order chi connectivity index (χ0) is 10.1. The standard InChI is InChI=1S/C11H15NO2/c1-2-8-3-4-9(7-8)12-10(13)5-6-11(12)14/h5-6,8-9H,2-4,7H2,1H3. The van der Waals surface area contributed by atoms with Crippen LogP contribution in [0.5, 0.6) is 0 Å². The van der Waals surface area contributed by atoms with Crippen LogP contribution in [0.1, 0.15) is 32.6 Å². The maximum Gasteiger partial charge on any atom is 0.253 e. The molecule has 2 unspecified atom stereocenters. The maximum absolute atomic E-state index is 11.4. The fourth-order valence-electron chi connectivity index (χ4n) is 2.43. The van der Waals surface area contributed by atoms with E-state index in [2.05, 4.69) is 6.92 Å². The Balaban J connectivity index is 2.03. The Hall–Kier alpha value is -1.12. The lowest BCUT2D eigenvalue weighted by molar-refractivity contribution is -0.139. The molecule has 0 N–H and O–H groups in total. The number of hydrogen-bond donors (Lipinski definition) is 0. The molecular formula is C11H15NO2. The largest absolute Gasteiger partial charge is 0.272 e. The van der Waals surface area contributed by atoms with E-state index < -0.39 is 0 Å². The summed E-state index contributed by atoms with van der Waals surface area (Å²) >= 11 is 0. The predicted molar refractivity (Wildman–Crippen MR) is 52.4 cm³/mol. The van der Waals surface area contributed by atoms with E-state index >= 15 is 0 Å². The SMILES string of the molecule is CCC1CCC(N2C(=O)C=CC2=O)C1. The summed E-state index contributed by atoms with van der Waals surface area (Å²) in [6.45, 7) is 2.17. The first-order chi connectivity index (χ1) is 6.72. The Morgan fingerprint density at radius 1 is 1.29 bits per heavy atom. The fraction of sp³-hybridized carbons (Fsp3) is 0.636. The van der Waals surface area contributed by atoms with Gasteiger partial charge in [0, 0.05) is 18.2 Å². The Bertz CT molecular complexity index is 278. The lowest BCUT2D eigenvalue weighted by Crippen LogP contribution is -2.38. The first-order valence-electron chi connectivity index (χ1n) is 5.27. The average molecular weight is 193 g/mol. The summed E-state index contributed by atoms with van der Waals surface area (Å²) in [5.74, 6) is 0.440. The Morgan fingerprint density at radius 3 is 2.43 bits per heavy atom. The van der Waals surface area contributed by atoms with Gasteiger partial charge in [-0.05, 0) is 25.2 Å². The highest BCUT2D eigenvalue weighted by Crippen LogP contribution is 2.32. The molecule has 1 saturated carbocycles. The summed E-state index contributed by atoms with van der Waals surface area (Å²) in [7, 11) is 0. The van der Waals surface area contributed by atoms with Gasteiger partial charge in [-0.25, -0.2) is 0 Å². The van der Waals surface area contributed by atoms with Crippen LogP contribution in [0.3, 0.4) is 0 Å². The lowest BCUT2D eigenvalue weighted by Gasteiger charge is -2.21. The molecule has 3 heteroatoms. The first-order valence-corrected chi connectivity index (χ1v) is 5.27. The zero-order valence-electron chi connectivity index (χ0n) is 8.40. The first kappa shape index (κ1) is 9.44. The van der Waals surface area contributed by atoms with Gasteiger partial charge in [-0.2, -0.15) is 0 Å². The van der Waals surface area contributed by atoms with Crippen molar-refractivity contribution in [3.63, 3.8) is 0 Å². The molecule has 1 heterocycles. The number of carbonyl (C=O) groups excluding carboxylic acids is 2. The molecule has 1 aliphatic carbocycles. The second-order valence-electron chi connectivity index (χ2n) is 4.12. The van der Waals surface area contributed by atoms with E-state index in [1.807, 2.05) is 0 Å². The Labute approximate surface area is 83.8 Å². The summed E-state index contributed by atoms with van der Waals surface area (Å²) < 4.78 is 0. The van der Waals surface area contributed by atoms with E-state index in [0.29, 0.717) is 5.92 Å². The second-order valence-corrected chi connectivity index (χ2v) is 4.12. The smallest absolute Gasteiger partial charge is 0.253 e. The number of rotatable bonds is 2. The third-order valence-corrected chi connectivity index (χ3v) is 3.30. The molecule has 0 aromatic heterocycles. The highest BCUT2D eigenvalue weighted by Gasteiger charge is 2.35. The van der Waals surface area contributed by atoms with Crippen molar-refractivity contribution >= 4 is 11.8 Å². The monoisotopic (exact) mass is 193 g/mol. The van der Waals surface area contributed by atoms with Crippen LogP contribution in [-0.2, 0) is 9.59 Å². The molecule has 76 valence electrons. The molecule has 2 rings (SSSR count). The number of carbonyl (C=O) groups is 2. The number of imide groups is 1. The van der Waals surface area contributed by atoms with Crippen LogP contribution in [0.25, 0.3) is 0 Å². The van der Waals surface area contributed by atoms with Crippen molar-refractivity contribution in [2.75, 3.05) is 0 Å². The molecule has 14 heavy (non-hydrogen) atoms. The minimum Gasteiger partial charge on any atom is -0.272 e. The summed E-state index contributed by atoms with van der Waals surface area (Å²) in [6, 6.07) is 0.162. The molecule has 2 aliphatic rings. The van der Waals surface area contributed by atoms with Crippen molar-refractivity contribution in [3.8, 4) is 0 Å². The van der Waals surface area contributed by atoms with Crippen LogP contribution < -0.4 is 0 Å². The van der Waals surface area contributed by atoms with Gasteiger partial charge in [0.25, 0.3) is 11.8 Å². The van der Waals surface area contributed by atoms with Crippen molar-refractivity contribution in [1.29, 1.82) is 0 Å². The Morgan fingerprint density at radius 2 is 1.93 bits per heavy atom. The van der Waals surface area contributed by atoms with Crippen LogP contribution in [0.2, 0.25) is 0 Å². The van der Waals surface area contributed by atoms with Gasteiger partial charge in [0.15, 0.2) is 0 Å². The molecule has 0 saturated heterocycles. The Kier molecular flexibility index (Phi) is 2.40. The van der Waals surface area contributed by atoms with Crippen molar-refractivity contribution in [3.05, 3.63) is 12.2 Å². The molecule has 0 aromatic rings. The van der Waals surface area contributed by atoms with Crippen molar-refractivity contribution in [2.45, 2.75) is 38.6 Å². The van der Waals surface area contributed by atoms with E-state index in [1.54, 1.807) is 0 Å². The van der Waals surface area contributed by atoms with Gasteiger partial charge in [-0.1, -0.05) is 13.3 Å². The van der Waals surface area contributed by atoms with Crippen LogP contribution in [0, 0.1) is 5.92 Å². The highest BCUT2D eigenvalue weighted by molar-refractivity contribution is 6.13. The van der Waals surface area contributed by atoms with E-state index in [-0.39, 0.29) is 17.9 Å². The van der Waals surface area contributed by atoms with E-state index in [1.165, 1.54) is 17.1 Å². The minimum absolute atomic E-state index is 0.128. The van der Waals surface area contributed by atoms with Crippen LogP contribution in [0.15, 0.2) is 12.2 Å². The van der Waals surface area contributed by atoms with Gasteiger partial charge in [-0.15, -0.1) is 0 Å². The average Bonchev–Trinajstić information content (AvgIpc) is 2.73. The van der Waals surface area contributed by atoms with Crippen molar-refractivity contribution in [2.24, 2.45) is 5.92 Å². The normalized spacial score (nSPS) is 31.9. The minimum atomic E-state index is -0.128. The molecule has 0 aromatic carbocycles. The molecule has 2 amide bonds. The molecule has 0 radical (unpaired) electrons. The van der Waals surface area contributed by atoms with Crippen LogP contribution in [0.4, 0.5) is 0 Å². The fourth-order valence-corrected chi connectivity index (χ4v) is 2.43. The number of hydrogen-bond acceptors (Lipinski definition) is 2. The zero-order valence-corrected chi connectivity index (χ0v) is 8.40. The molecule has 1 fully saturated rings. The summed E-state index contributed by atoms with van der Waals surface area (Å²) in [6.07, 6.45) is 7.04. The van der Waals surface area contributed by atoms with E-state index in [4.69, 9.17) is 0 Å². The van der Waals surface area contributed by atoms with Crippen LogP contribution >= 0.6 is 0 Å². The van der Waals surface area contributed by atoms with Gasteiger partial charge < -0.3 is 0 Å². The maximum atomic E-state index is 11.4. The predicted octanol–water partition coefficient (Wildman–Crippen LogP) is 1.49. The summed E-state index contributed by atoms with van der Waals surface area (Å²) in [4.78, 5) is 24.2. The topological polar surface area (TPSA) is 37.4 Å². The van der Waals surface area contributed by atoms with Crippen molar-refractivity contribution in [1.82, 2.24) is 4.90 Å². The highest BCUT2D eigenvalue weighted by atomic mass is 16.2.